The molecule has 3 aromatic carbocycles. The molecule has 3 aliphatic rings. The van der Waals surface area contributed by atoms with Gasteiger partial charge in [0.05, 0.1) is 33.3 Å². The minimum Gasteiger partial charge on any atom is -0.834 e. The van der Waals surface area contributed by atoms with Gasteiger partial charge in [0.15, 0.2) is 0 Å². The number of ether oxygens (including phenoxy) is 3. The second-order valence-electron chi connectivity index (χ2n) is 11.5. The summed E-state index contributed by atoms with van der Waals surface area (Å²) in [5, 5.41) is 14.5. The topological polar surface area (TPSA) is 67.8 Å². The Balaban J connectivity index is 1.16. The summed E-state index contributed by atoms with van der Waals surface area (Å²) in [6.45, 7) is 1.65. The fraction of sp³-hybridized carbons (Fsp3) is 0.406. The van der Waals surface area contributed by atoms with Crippen molar-refractivity contribution in [1.82, 2.24) is 0 Å². The van der Waals surface area contributed by atoms with E-state index in [0.29, 0.717) is 41.2 Å². The van der Waals surface area contributed by atoms with Crippen molar-refractivity contribution in [2.24, 2.45) is 11.8 Å². The van der Waals surface area contributed by atoms with Crippen LogP contribution >= 0.6 is 0 Å². The minimum atomic E-state index is -2.15. The minimum absolute atomic E-state index is 0.239. The Morgan fingerprint density at radius 2 is 1.58 bits per heavy atom. The second-order valence-corrected chi connectivity index (χ2v) is 11.5. The Bertz CT molecular complexity index is 1260. The second kappa shape index (κ2) is 9.75. The van der Waals surface area contributed by atoms with E-state index in [0.717, 1.165) is 42.5 Å². The summed E-state index contributed by atoms with van der Waals surface area (Å²) in [5.74, 6) is 1.74. The van der Waals surface area contributed by atoms with E-state index in [4.69, 9.17) is 14.2 Å². The number of carbonyl (C=O) groups is 1. The number of benzene rings is 3. The van der Waals surface area contributed by atoms with Crippen LogP contribution < -0.4 is 14.6 Å². The predicted octanol–water partition coefficient (Wildman–Crippen LogP) is 4.65. The van der Waals surface area contributed by atoms with E-state index in [1.807, 2.05) is 42.5 Å². The molecule has 1 heterocycles. The molecule has 0 N–H and O–H groups in total. The normalized spacial score (nSPS) is 24.7. The lowest BCUT2D eigenvalue weighted by Crippen LogP contribution is -2.54. The van der Waals surface area contributed by atoms with E-state index in [-0.39, 0.29) is 12.0 Å². The van der Waals surface area contributed by atoms with E-state index < -0.39 is 11.6 Å². The highest BCUT2D eigenvalue weighted by molar-refractivity contribution is 5.88. The summed E-state index contributed by atoms with van der Waals surface area (Å²) >= 11 is 0. The Labute approximate surface area is 224 Å². The molecule has 0 aromatic heterocycles. The van der Waals surface area contributed by atoms with Gasteiger partial charge in [-0.3, -0.25) is 4.79 Å². The molecular weight excluding hydrogens is 478 g/mol. The zero-order valence-corrected chi connectivity index (χ0v) is 22.0. The fourth-order valence-corrected chi connectivity index (χ4v) is 7.18. The molecule has 2 fully saturated rings. The summed E-state index contributed by atoms with van der Waals surface area (Å²) in [6.07, 6.45) is 3.70. The highest BCUT2D eigenvalue weighted by Crippen LogP contribution is 2.51. The lowest BCUT2D eigenvalue weighted by molar-refractivity contribution is -0.919. The molecule has 0 spiro atoms. The molecular formula is C32H35NO5. The van der Waals surface area contributed by atoms with Crippen LogP contribution in [-0.4, -0.2) is 49.8 Å². The first-order valence-electron chi connectivity index (χ1n) is 13.7. The molecule has 2 bridgehead atoms. The maximum atomic E-state index is 14.5. The Hall–Kier alpha value is -3.35. The number of para-hydroxylation sites is 3. The van der Waals surface area contributed by atoms with Gasteiger partial charge in [0.25, 0.3) is 0 Å². The molecule has 6 heteroatoms. The van der Waals surface area contributed by atoms with Gasteiger partial charge < -0.3 is 23.8 Å². The standard InChI is InChI=1S/C32H35NO5/c1-33(2,19-10-20-36-23-11-4-3-5-12-23)30-22-17-18-24(30)29(21-22)38-31(34)32(35)25-13-6-8-15-27(25)37-28-16-9-7-14-26(28)32/h3-9,11-16,22,24,29-30H,10,17-21H2,1-2H3/t22?,24-,29-,30?/m1/s1. The van der Waals surface area contributed by atoms with Crippen molar-refractivity contribution in [3.8, 4) is 17.2 Å². The Morgan fingerprint density at radius 1 is 0.947 bits per heavy atom. The summed E-state index contributed by atoms with van der Waals surface area (Å²) in [4.78, 5) is 13.8. The average molecular weight is 514 g/mol. The molecule has 38 heavy (non-hydrogen) atoms. The van der Waals surface area contributed by atoms with Gasteiger partial charge in [-0.2, -0.15) is 0 Å². The molecule has 2 aliphatic carbocycles. The quantitative estimate of drug-likeness (QED) is 0.249. The number of carbonyl (C=O) groups excluding carboxylic acids is 1. The summed E-state index contributed by atoms with van der Waals surface area (Å²) in [6, 6.07) is 24.3. The van der Waals surface area contributed by atoms with Crippen LogP contribution in [0.2, 0.25) is 0 Å². The van der Waals surface area contributed by atoms with Gasteiger partial charge in [0, 0.05) is 35.0 Å². The van der Waals surface area contributed by atoms with Crippen LogP contribution in [0.4, 0.5) is 0 Å². The number of hydrogen-bond donors (Lipinski definition) is 0. The lowest BCUT2D eigenvalue weighted by Gasteiger charge is -2.44. The fourth-order valence-electron chi connectivity index (χ4n) is 7.18. The van der Waals surface area contributed by atoms with Crippen molar-refractivity contribution < 1.29 is 28.6 Å². The van der Waals surface area contributed by atoms with Gasteiger partial charge in [-0.1, -0.05) is 54.6 Å². The van der Waals surface area contributed by atoms with Crippen LogP contribution in [0.15, 0.2) is 78.9 Å². The van der Waals surface area contributed by atoms with Crippen molar-refractivity contribution >= 4 is 5.97 Å². The SMILES string of the molecule is C[N+](C)(CCCOc1ccccc1)C1C2CC[C@@H]1[C@H](OC(=O)C1([O-])c3ccccc3Oc3ccccc31)C2. The first kappa shape index (κ1) is 25.0. The van der Waals surface area contributed by atoms with Gasteiger partial charge in [-0.25, -0.2) is 0 Å². The number of quaternary nitrogens is 1. The number of rotatable bonds is 8. The smallest absolute Gasteiger partial charge is 0.304 e. The van der Waals surface area contributed by atoms with E-state index in [9.17, 15) is 9.90 Å². The highest BCUT2D eigenvalue weighted by atomic mass is 16.6. The van der Waals surface area contributed by atoms with E-state index in [2.05, 4.69) is 14.1 Å². The van der Waals surface area contributed by atoms with Crippen LogP contribution in [-0.2, 0) is 15.1 Å². The number of esters is 1. The molecule has 198 valence electrons. The molecule has 0 radical (unpaired) electrons. The molecule has 0 saturated heterocycles. The molecule has 1 aliphatic heterocycles. The van der Waals surface area contributed by atoms with E-state index >= 15 is 0 Å². The van der Waals surface area contributed by atoms with Crippen molar-refractivity contribution in [2.45, 2.75) is 43.4 Å². The average Bonchev–Trinajstić information content (AvgIpc) is 3.51. The maximum absolute atomic E-state index is 14.5. The van der Waals surface area contributed by atoms with Crippen molar-refractivity contribution in [2.75, 3.05) is 27.2 Å². The number of nitrogens with zero attached hydrogens (tertiary/aromatic N) is 1. The van der Waals surface area contributed by atoms with Crippen LogP contribution in [0, 0.1) is 11.8 Å². The van der Waals surface area contributed by atoms with Crippen LogP contribution in [0.1, 0.15) is 36.8 Å². The molecule has 2 saturated carbocycles. The number of hydrogen-bond acceptors (Lipinski definition) is 5. The Kier molecular flexibility index (Phi) is 6.40. The third-order valence-corrected chi connectivity index (χ3v) is 8.80. The van der Waals surface area contributed by atoms with Crippen molar-refractivity contribution in [1.29, 1.82) is 0 Å². The highest BCUT2D eigenvalue weighted by Gasteiger charge is 2.57. The van der Waals surface area contributed by atoms with Crippen LogP contribution in [0.25, 0.3) is 0 Å². The molecule has 3 aromatic rings. The zero-order valence-electron chi connectivity index (χ0n) is 22.0. The van der Waals surface area contributed by atoms with Gasteiger partial charge in [-0.05, 0) is 43.5 Å². The van der Waals surface area contributed by atoms with E-state index in [1.165, 1.54) is 0 Å². The van der Waals surface area contributed by atoms with Gasteiger partial charge in [-0.15, -0.1) is 0 Å². The summed E-state index contributed by atoms with van der Waals surface area (Å²) in [5.41, 5.74) is -1.52. The first-order valence-corrected chi connectivity index (χ1v) is 13.7. The molecule has 4 atom stereocenters. The molecule has 0 amide bonds. The van der Waals surface area contributed by atoms with Crippen molar-refractivity contribution in [3.63, 3.8) is 0 Å². The summed E-state index contributed by atoms with van der Waals surface area (Å²) < 4.78 is 18.9. The van der Waals surface area contributed by atoms with Gasteiger partial charge in [0.1, 0.15) is 23.4 Å². The van der Waals surface area contributed by atoms with E-state index in [1.54, 1.807) is 36.4 Å². The van der Waals surface area contributed by atoms with Gasteiger partial charge in [0.2, 0.25) is 0 Å². The van der Waals surface area contributed by atoms with Gasteiger partial charge >= 0.3 is 5.97 Å². The largest absolute Gasteiger partial charge is 0.834 e. The summed E-state index contributed by atoms with van der Waals surface area (Å²) in [7, 11) is 4.56. The predicted molar refractivity (Wildman–Crippen MR) is 142 cm³/mol. The third kappa shape index (κ3) is 4.26. The first-order chi connectivity index (χ1) is 18.4. The number of fused-ring (bicyclic) bond motifs is 4. The molecule has 2 unspecified atom stereocenters. The maximum Gasteiger partial charge on any atom is 0.304 e. The third-order valence-electron chi connectivity index (χ3n) is 8.80. The zero-order chi connectivity index (χ0) is 26.3. The van der Waals surface area contributed by atoms with Crippen LogP contribution in [0.5, 0.6) is 17.2 Å². The van der Waals surface area contributed by atoms with Crippen molar-refractivity contribution in [3.05, 3.63) is 90.0 Å². The van der Waals surface area contributed by atoms with Crippen LogP contribution in [0.3, 0.4) is 0 Å². The lowest BCUT2D eigenvalue weighted by atomic mass is 9.83. The monoisotopic (exact) mass is 513 g/mol. The molecule has 6 nitrogen and oxygen atoms in total. The molecule has 6 rings (SSSR count). The Morgan fingerprint density at radius 3 is 2.26 bits per heavy atom.